The van der Waals surface area contributed by atoms with Gasteiger partial charge in [0.05, 0.1) is 17.6 Å². The zero-order valence-corrected chi connectivity index (χ0v) is 21.3. The SMILES string of the molecule is O=C1c2ccc(O)c(O)c2OCC1c1ccc(O)cc1.Oc1cc(O)c2c(c1)O[C@H](c1ccc(O)c(O)c1)[C@@H](O)C2. The van der Waals surface area contributed by atoms with Gasteiger partial charge >= 0.3 is 0 Å². The van der Waals surface area contributed by atoms with Crippen molar-refractivity contribution in [3.8, 4) is 51.7 Å². The summed E-state index contributed by atoms with van der Waals surface area (Å²) in [6.45, 7) is 0.0770. The lowest BCUT2D eigenvalue weighted by atomic mass is 9.89. The minimum absolute atomic E-state index is 0.0185. The van der Waals surface area contributed by atoms with Gasteiger partial charge in [-0.15, -0.1) is 0 Å². The van der Waals surface area contributed by atoms with Crippen LogP contribution in [-0.4, -0.2) is 59.3 Å². The van der Waals surface area contributed by atoms with Gasteiger partial charge in [-0.05, 0) is 47.5 Å². The first-order chi connectivity index (χ1) is 19.5. The van der Waals surface area contributed by atoms with Gasteiger partial charge in [-0.3, -0.25) is 4.79 Å². The standard InChI is InChI=1S/C15H14O6.C15H12O5/c16-8-4-11(18)9-6-13(20)15(21-14(9)5-8)7-1-2-10(17)12(19)3-7;16-9-3-1-8(2-4-9)11-7-20-15-10(13(11)18)5-6-12(17)14(15)19/h1-5,13,15-20H,6H2;1-6,11,16-17,19H,7H2/t13-,15+;/m0./s1. The molecule has 8 N–H and O–H groups in total. The van der Waals surface area contributed by atoms with Crippen LogP contribution in [0.2, 0.25) is 0 Å². The Labute approximate surface area is 233 Å². The van der Waals surface area contributed by atoms with E-state index in [1.165, 1.54) is 54.6 Å². The Morgan fingerprint density at radius 3 is 2.07 bits per heavy atom. The van der Waals surface area contributed by atoms with E-state index in [9.17, 15) is 45.6 Å². The van der Waals surface area contributed by atoms with E-state index in [2.05, 4.69) is 0 Å². The second kappa shape index (κ2) is 10.7. The number of fused-ring (bicyclic) bond motifs is 2. The molecule has 41 heavy (non-hydrogen) atoms. The lowest BCUT2D eigenvalue weighted by Crippen LogP contribution is -2.30. The highest BCUT2D eigenvalue weighted by Gasteiger charge is 2.33. The van der Waals surface area contributed by atoms with Gasteiger partial charge in [0.2, 0.25) is 5.75 Å². The monoisotopic (exact) mass is 562 g/mol. The minimum atomic E-state index is -0.933. The smallest absolute Gasteiger partial charge is 0.201 e. The lowest BCUT2D eigenvalue weighted by molar-refractivity contribution is 0.0197. The van der Waals surface area contributed by atoms with Crippen LogP contribution in [0, 0.1) is 0 Å². The van der Waals surface area contributed by atoms with Crippen LogP contribution in [-0.2, 0) is 6.42 Å². The fourth-order valence-corrected chi connectivity index (χ4v) is 4.75. The minimum Gasteiger partial charge on any atom is -0.508 e. The van der Waals surface area contributed by atoms with E-state index in [4.69, 9.17) is 9.47 Å². The molecule has 4 aromatic carbocycles. The Balaban J connectivity index is 0.000000165. The van der Waals surface area contributed by atoms with E-state index in [0.29, 0.717) is 11.1 Å². The second-order valence-electron chi connectivity index (χ2n) is 9.63. The molecule has 2 aliphatic rings. The third-order valence-electron chi connectivity index (χ3n) is 6.90. The average molecular weight is 563 g/mol. The van der Waals surface area contributed by atoms with Gasteiger partial charge in [0, 0.05) is 24.1 Å². The van der Waals surface area contributed by atoms with Crippen LogP contribution < -0.4 is 9.47 Å². The number of rotatable bonds is 2. The fourth-order valence-electron chi connectivity index (χ4n) is 4.75. The molecule has 2 aliphatic heterocycles. The number of phenolic OH excluding ortho intramolecular Hbond substituents is 7. The summed E-state index contributed by atoms with van der Waals surface area (Å²) >= 11 is 0. The van der Waals surface area contributed by atoms with Gasteiger partial charge in [-0.25, -0.2) is 0 Å². The zero-order valence-electron chi connectivity index (χ0n) is 21.3. The highest BCUT2D eigenvalue weighted by molar-refractivity contribution is 6.05. The van der Waals surface area contributed by atoms with E-state index in [1.54, 1.807) is 12.1 Å². The largest absolute Gasteiger partial charge is 0.508 e. The summed E-state index contributed by atoms with van der Waals surface area (Å²) in [4.78, 5) is 12.4. The number of hydrogen-bond donors (Lipinski definition) is 8. The van der Waals surface area contributed by atoms with Crippen molar-refractivity contribution in [3.63, 3.8) is 0 Å². The van der Waals surface area contributed by atoms with Crippen LogP contribution in [0.15, 0.2) is 66.7 Å². The average Bonchev–Trinajstić information content (AvgIpc) is 2.94. The van der Waals surface area contributed by atoms with E-state index < -0.39 is 23.9 Å². The highest BCUT2D eigenvalue weighted by Crippen LogP contribution is 2.44. The quantitative estimate of drug-likeness (QED) is 0.166. The molecule has 4 aromatic rings. The predicted octanol–water partition coefficient (Wildman–Crippen LogP) is 3.71. The maximum Gasteiger partial charge on any atom is 0.201 e. The molecule has 1 unspecified atom stereocenters. The number of aliphatic hydroxyl groups excluding tert-OH is 1. The first-order valence-corrected chi connectivity index (χ1v) is 12.5. The summed E-state index contributed by atoms with van der Waals surface area (Å²) in [5.41, 5.74) is 1.86. The van der Waals surface area contributed by atoms with Crippen molar-refractivity contribution in [1.29, 1.82) is 0 Å². The molecule has 0 spiro atoms. The molecule has 0 radical (unpaired) electrons. The number of hydrogen-bond acceptors (Lipinski definition) is 11. The predicted molar refractivity (Wildman–Crippen MR) is 143 cm³/mol. The molecule has 0 saturated heterocycles. The number of carbonyl (C=O) groups is 1. The molecular formula is C30H26O11. The fraction of sp³-hybridized carbons (Fsp3) is 0.167. The molecule has 212 valence electrons. The number of benzene rings is 4. The Kier molecular flexibility index (Phi) is 7.12. The summed E-state index contributed by atoms with van der Waals surface area (Å²) in [6, 6.07) is 15.7. The third-order valence-corrected chi connectivity index (χ3v) is 6.90. The third kappa shape index (κ3) is 5.30. The molecule has 0 amide bonds. The highest BCUT2D eigenvalue weighted by atomic mass is 16.5. The number of ether oxygens (including phenoxy) is 2. The van der Waals surface area contributed by atoms with Gasteiger partial charge < -0.3 is 50.3 Å². The topological polar surface area (TPSA) is 197 Å². The molecule has 6 rings (SSSR count). The van der Waals surface area contributed by atoms with Gasteiger partial charge in [0.1, 0.15) is 35.7 Å². The molecule has 3 atom stereocenters. The molecule has 0 bridgehead atoms. The zero-order chi connectivity index (χ0) is 29.4. The molecule has 0 aromatic heterocycles. The Morgan fingerprint density at radius 1 is 0.683 bits per heavy atom. The van der Waals surface area contributed by atoms with Crippen molar-refractivity contribution >= 4 is 5.78 Å². The summed E-state index contributed by atoms with van der Waals surface area (Å²) in [7, 11) is 0. The van der Waals surface area contributed by atoms with Crippen LogP contribution in [0.25, 0.3) is 0 Å². The molecule has 0 aliphatic carbocycles. The normalized spacial score (nSPS) is 19.0. The number of Topliss-reactive ketones (excluding diaryl/α,β-unsaturated/α-hetero) is 1. The van der Waals surface area contributed by atoms with Crippen molar-refractivity contribution in [2.75, 3.05) is 6.61 Å². The van der Waals surface area contributed by atoms with Crippen LogP contribution in [0.3, 0.4) is 0 Å². The Morgan fingerprint density at radius 2 is 1.37 bits per heavy atom. The van der Waals surface area contributed by atoms with E-state index in [0.717, 1.165) is 5.56 Å². The summed E-state index contributed by atoms with van der Waals surface area (Å²) < 4.78 is 11.0. The Bertz CT molecular complexity index is 1610. The maximum atomic E-state index is 12.4. The van der Waals surface area contributed by atoms with Crippen molar-refractivity contribution in [3.05, 3.63) is 89.0 Å². The van der Waals surface area contributed by atoms with Crippen molar-refractivity contribution in [2.24, 2.45) is 0 Å². The number of phenols is 7. The van der Waals surface area contributed by atoms with Crippen LogP contribution in [0.4, 0.5) is 0 Å². The van der Waals surface area contributed by atoms with Crippen LogP contribution >= 0.6 is 0 Å². The van der Waals surface area contributed by atoms with Gasteiger partial charge in [-0.2, -0.15) is 0 Å². The van der Waals surface area contributed by atoms with Gasteiger partial charge in [0.15, 0.2) is 28.8 Å². The molecule has 2 heterocycles. The van der Waals surface area contributed by atoms with Crippen LogP contribution in [0.1, 0.15) is 39.1 Å². The molecule has 0 saturated carbocycles. The first-order valence-electron chi connectivity index (χ1n) is 12.5. The summed E-state index contributed by atoms with van der Waals surface area (Å²) in [5.74, 6) is -1.86. The summed E-state index contributed by atoms with van der Waals surface area (Å²) in [5, 5.41) is 76.7. The first kappa shape index (κ1) is 27.3. The lowest BCUT2D eigenvalue weighted by Gasteiger charge is -2.31. The second-order valence-corrected chi connectivity index (χ2v) is 9.63. The number of aliphatic hydroxyl groups is 1. The van der Waals surface area contributed by atoms with E-state index in [-0.39, 0.29) is 70.4 Å². The Hall–Kier alpha value is -5.29. The van der Waals surface area contributed by atoms with Crippen molar-refractivity contribution in [1.82, 2.24) is 0 Å². The number of aromatic hydroxyl groups is 7. The van der Waals surface area contributed by atoms with Crippen molar-refractivity contribution < 1.29 is 55.1 Å². The van der Waals surface area contributed by atoms with Crippen molar-refractivity contribution in [2.45, 2.75) is 24.5 Å². The number of carbonyl (C=O) groups excluding carboxylic acids is 1. The molecule has 11 heteroatoms. The summed E-state index contributed by atoms with van der Waals surface area (Å²) in [6.07, 6.45) is -1.56. The molecule has 11 nitrogen and oxygen atoms in total. The van der Waals surface area contributed by atoms with E-state index in [1.807, 2.05) is 0 Å². The van der Waals surface area contributed by atoms with Gasteiger partial charge in [0.25, 0.3) is 0 Å². The molecule has 0 fully saturated rings. The van der Waals surface area contributed by atoms with Crippen LogP contribution in [0.5, 0.6) is 51.7 Å². The van der Waals surface area contributed by atoms with Gasteiger partial charge in [-0.1, -0.05) is 18.2 Å². The maximum absolute atomic E-state index is 12.4. The number of ketones is 1. The molecular weight excluding hydrogens is 536 g/mol. The van der Waals surface area contributed by atoms with E-state index >= 15 is 0 Å².